The number of hydrogen-bond acceptors (Lipinski definition) is 4. The van der Waals surface area contributed by atoms with Gasteiger partial charge in [0.05, 0.1) is 6.61 Å². The number of hydrogen-bond donors (Lipinski definition) is 1. The molecular weight excluding hydrogens is 320 g/mol. The Morgan fingerprint density at radius 3 is 3.00 bits per heavy atom. The van der Waals surface area contributed by atoms with Crippen molar-refractivity contribution >= 4 is 15.9 Å². The average molecular weight is 343 g/mol. The number of nitrogens with two attached hydrogens (primary N) is 1. The Hall–Kier alpha value is -0.620. The molecule has 2 rings (SSSR count). The van der Waals surface area contributed by atoms with Gasteiger partial charge in [-0.3, -0.25) is 4.90 Å². The second-order valence-corrected chi connectivity index (χ2v) is 6.26. The van der Waals surface area contributed by atoms with Crippen LogP contribution in [0.4, 0.5) is 0 Å². The van der Waals surface area contributed by atoms with Crippen LogP contribution in [0.15, 0.2) is 22.7 Å². The number of nitrogens with zero attached hydrogens (tertiary/aromatic N) is 1. The fourth-order valence-electron chi connectivity index (χ4n) is 2.34. The largest absolute Gasteiger partial charge is 0.490 e. The van der Waals surface area contributed by atoms with Gasteiger partial charge in [-0.25, -0.2) is 0 Å². The quantitative estimate of drug-likeness (QED) is 0.892. The Morgan fingerprint density at radius 1 is 1.50 bits per heavy atom. The van der Waals surface area contributed by atoms with Crippen molar-refractivity contribution in [1.82, 2.24) is 4.90 Å². The lowest BCUT2D eigenvalue weighted by atomic mass is 10.2. The molecular formula is C15H23BrN2O2. The van der Waals surface area contributed by atoms with Crippen LogP contribution in [0.3, 0.4) is 0 Å². The Balaban J connectivity index is 1.91. The molecule has 1 fully saturated rings. The third-order valence-corrected chi connectivity index (χ3v) is 4.06. The van der Waals surface area contributed by atoms with Crippen LogP contribution in [0, 0.1) is 0 Å². The fraction of sp³-hybridized carbons (Fsp3) is 0.600. The van der Waals surface area contributed by atoms with Crippen molar-refractivity contribution in [2.45, 2.75) is 32.5 Å². The normalized spacial score (nSPS) is 20.4. The van der Waals surface area contributed by atoms with Gasteiger partial charge in [0.1, 0.15) is 18.5 Å². The number of halogens is 1. The lowest BCUT2D eigenvalue weighted by molar-refractivity contribution is -0.0565. The second-order valence-electron chi connectivity index (χ2n) is 5.35. The van der Waals surface area contributed by atoms with E-state index in [9.17, 15) is 0 Å². The molecule has 0 aliphatic carbocycles. The summed E-state index contributed by atoms with van der Waals surface area (Å²) in [4.78, 5) is 2.42. The first-order valence-corrected chi connectivity index (χ1v) is 7.86. The molecule has 0 bridgehead atoms. The second kappa shape index (κ2) is 7.41. The third-order valence-electron chi connectivity index (χ3n) is 3.57. The van der Waals surface area contributed by atoms with Gasteiger partial charge in [-0.2, -0.15) is 0 Å². The van der Waals surface area contributed by atoms with Crippen molar-refractivity contribution in [2.75, 3.05) is 26.3 Å². The van der Waals surface area contributed by atoms with E-state index in [-0.39, 0.29) is 6.10 Å². The molecule has 1 aromatic carbocycles. The van der Waals surface area contributed by atoms with E-state index in [2.05, 4.69) is 34.7 Å². The maximum absolute atomic E-state index is 5.90. The van der Waals surface area contributed by atoms with Crippen molar-refractivity contribution < 1.29 is 9.47 Å². The minimum Gasteiger partial charge on any atom is -0.490 e. The van der Waals surface area contributed by atoms with E-state index < -0.39 is 0 Å². The van der Waals surface area contributed by atoms with Crippen molar-refractivity contribution in [3.63, 3.8) is 0 Å². The van der Waals surface area contributed by atoms with Gasteiger partial charge in [-0.1, -0.05) is 15.9 Å². The van der Waals surface area contributed by atoms with Crippen LogP contribution in [0.1, 0.15) is 19.4 Å². The molecule has 1 heterocycles. The smallest absolute Gasteiger partial charge is 0.123 e. The van der Waals surface area contributed by atoms with Gasteiger partial charge in [0.15, 0.2) is 0 Å². The standard InChI is InChI=1S/C15H23BrN2O2/c1-11(2)18-5-6-19-14(9-18)10-20-15-4-3-13(16)7-12(15)8-17/h3-4,7,11,14H,5-6,8-10,17H2,1-2H3. The third kappa shape index (κ3) is 4.19. The van der Waals surface area contributed by atoms with Crippen LogP contribution in [0.5, 0.6) is 5.75 Å². The summed E-state index contributed by atoms with van der Waals surface area (Å²) in [7, 11) is 0. The van der Waals surface area contributed by atoms with E-state index in [0.717, 1.165) is 35.5 Å². The highest BCUT2D eigenvalue weighted by atomic mass is 79.9. The van der Waals surface area contributed by atoms with Gasteiger partial charge in [0, 0.05) is 35.7 Å². The number of ether oxygens (including phenoxy) is 2. The van der Waals surface area contributed by atoms with Gasteiger partial charge < -0.3 is 15.2 Å². The first-order valence-electron chi connectivity index (χ1n) is 7.07. The first-order chi connectivity index (χ1) is 9.60. The van der Waals surface area contributed by atoms with E-state index in [1.54, 1.807) is 0 Å². The molecule has 112 valence electrons. The summed E-state index contributed by atoms with van der Waals surface area (Å²) in [5.41, 5.74) is 6.76. The molecule has 1 unspecified atom stereocenters. The fourth-order valence-corrected chi connectivity index (χ4v) is 2.75. The lowest BCUT2D eigenvalue weighted by Gasteiger charge is -2.35. The van der Waals surface area contributed by atoms with E-state index in [0.29, 0.717) is 19.2 Å². The van der Waals surface area contributed by atoms with Gasteiger partial charge in [0.25, 0.3) is 0 Å². The monoisotopic (exact) mass is 342 g/mol. The van der Waals surface area contributed by atoms with Crippen molar-refractivity contribution in [2.24, 2.45) is 5.73 Å². The molecule has 1 aliphatic rings. The van der Waals surface area contributed by atoms with Gasteiger partial charge in [0.2, 0.25) is 0 Å². The minimum atomic E-state index is 0.125. The zero-order chi connectivity index (χ0) is 14.5. The molecule has 2 N–H and O–H groups in total. The summed E-state index contributed by atoms with van der Waals surface area (Å²) in [5, 5.41) is 0. The SMILES string of the molecule is CC(C)N1CCOC(COc2ccc(Br)cc2CN)C1. The lowest BCUT2D eigenvalue weighted by Crippen LogP contribution is -2.47. The molecule has 1 saturated heterocycles. The average Bonchev–Trinajstić information content (AvgIpc) is 2.46. The van der Waals surface area contributed by atoms with Crippen LogP contribution in [0.25, 0.3) is 0 Å². The molecule has 5 heteroatoms. The summed E-state index contributed by atoms with van der Waals surface area (Å²) < 4.78 is 12.7. The van der Waals surface area contributed by atoms with Gasteiger partial charge >= 0.3 is 0 Å². The van der Waals surface area contributed by atoms with Crippen LogP contribution in [-0.2, 0) is 11.3 Å². The maximum atomic E-state index is 5.90. The van der Waals surface area contributed by atoms with E-state index >= 15 is 0 Å². The molecule has 0 aromatic heterocycles. The Kier molecular flexibility index (Phi) is 5.84. The van der Waals surface area contributed by atoms with Crippen molar-refractivity contribution in [3.8, 4) is 5.75 Å². The van der Waals surface area contributed by atoms with Gasteiger partial charge in [-0.05, 0) is 32.0 Å². The predicted octanol–water partition coefficient (Wildman–Crippen LogP) is 2.40. The van der Waals surface area contributed by atoms with Crippen LogP contribution in [-0.4, -0.2) is 43.3 Å². The predicted molar refractivity (Wildman–Crippen MR) is 84.0 cm³/mol. The summed E-state index contributed by atoms with van der Waals surface area (Å²) >= 11 is 3.45. The van der Waals surface area contributed by atoms with E-state index in [1.807, 2.05) is 18.2 Å². The number of benzene rings is 1. The van der Waals surface area contributed by atoms with E-state index in [1.165, 1.54) is 0 Å². The summed E-state index contributed by atoms with van der Waals surface area (Å²) in [6.45, 7) is 8.16. The van der Waals surface area contributed by atoms with Crippen LogP contribution in [0.2, 0.25) is 0 Å². The molecule has 0 radical (unpaired) electrons. The molecule has 4 nitrogen and oxygen atoms in total. The Bertz CT molecular complexity index is 440. The number of rotatable bonds is 5. The zero-order valence-electron chi connectivity index (χ0n) is 12.1. The summed E-state index contributed by atoms with van der Waals surface area (Å²) in [5.74, 6) is 0.848. The summed E-state index contributed by atoms with van der Waals surface area (Å²) in [6, 6.07) is 6.47. The Labute approximate surface area is 129 Å². The van der Waals surface area contributed by atoms with Gasteiger partial charge in [-0.15, -0.1) is 0 Å². The summed E-state index contributed by atoms with van der Waals surface area (Å²) in [6.07, 6.45) is 0.125. The molecule has 20 heavy (non-hydrogen) atoms. The molecule has 1 aromatic rings. The highest BCUT2D eigenvalue weighted by molar-refractivity contribution is 9.10. The molecule has 0 saturated carbocycles. The molecule has 0 amide bonds. The van der Waals surface area contributed by atoms with Crippen LogP contribution >= 0.6 is 15.9 Å². The maximum Gasteiger partial charge on any atom is 0.123 e. The zero-order valence-corrected chi connectivity index (χ0v) is 13.7. The molecule has 1 atom stereocenters. The highest BCUT2D eigenvalue weighted by Gasteiger charge is 2.22. The first kappa shape index (κ1) is 15.8. The van der Waals surface area contributed by atoms with E-state index in [4.69, 9.17) is 15.2 Å². The highest BCUT2D eigenvalue weighted by Crippen LogP contribution is 2.23. The minimum absolute atomic E-state index is 0.125. The number of morpholine rings is 1. The molecule has 1 aliphatic heterocycles. The van der Waals surface area contributed by atoms with Crippen molar-refractivity contribution in [1.29, 1.82) is 0 Å². The Morgan fingerprint density at radius 2 is 2.30 bits per heavy atom. The topological polar surface area (TPSA) is 47.7 Å². The van der Waals surface area contributed by atoms with Crippen molar-refractivity contribution in [3.05, 3.63) is 28.2 Å². The van der Waals surface area contributed by atoms with Crippen LogP contribution < -0.4 is 10.5 Å². The molecule has 0 spiro atoms.